The Morgan fingerprint density at radius 3 is 2.27 bits per heavy atom. The highest BCUT2D eigenvalue weighted by molar-refractivity contribution is 5.97. The average molecular weight is 461 g/mol. The molecule has 1 saturated heterocycles. The summed E-state index contributed by atoms with van der Waals surface area (Å²) in [5.74, 6) is -0.608. The first kappa shape index (κ1) is 25.3. The number of likely N-dealkylation sites (tertiary alicyclic amines) is 1. The SMILES string of the molecule is CC(C)c1cc(C(=O)N2CCCC2CN[C@H](C(=O)O)C(C(C)C)C2CCCC2)c(O)cc1O. The Balaban J connectivity index is 1.75. The van der Waals surface area contributed by atoms with E-state index >= 15 is 0 Å². The molecule has 1 aliphatic carbocycles. The lowest BCUT2D eigenvalue weighted by Crippen LogP contribution is -2.51. The lowest BCUT2D eigenvalue weighted by Gasteiger charge is -2.34. The molecule has 1 saturated carbocycles. The Morgan fingerprint density at radius 1 is 1.03 bits per heavy atom. The first-order chi connectivity index (χ1) is 15.6. The van der Waals surface area contributed by atoms with E-state index in [4.69, 9.17) is 0 Å². The van der Waals surface area contributed by atoms with Gasteiger partial charge in [-0.1, -0.05) is 53.4 Å². The number of carbonyl (C=O) groups excluding carboxylic acids is 1. The van der Waals surface area contributed by atoms with Crippen LogP contribution in [-0.2, 0) is 4.79 Å². The molecule has 184 valence electrons. The summed E-state index contributed by atoms with van der Waals surface area (Å²) in [5, 5.41) is 33.8. The molecule has 1 heterocycles. The molecule has 7 heteroatoms. The number of aromatic hydroxyl groups is 2. The maximum absolute atomic E-state index is 13.3. The standard InChI is InChI=1S/C26H40N2O5/c1-15(2)19-12-20(22(30)13-21(19)29)25(31)28-11-7-10-18(28)14-27-24(26(32)33)23(16(3)4)17-8-5-6-9-17/h12-13,15-18,23-24,27,29-30H,5-11,14H2,1-4H3,(H,32,33)/t18?,23?,24-/m0/s1. The molecule has 2 fully saturated rings. The number of hydrogen-bond acceptors (Lipinski definition) is 5. The predicted octanol–water partition coefficient (Wildman–Crippen LogP) is 4.33. The fourth-order valence-corrected chi connectivity index (χ4v) is 5.89. The van der Waals surface area contributed by atoms with E-state index in [1.54, 1.807) is 11.0 Å². The first-order valence-electron chi connectivity index (χ1n) is 12.4. The van der Waals surface area contributed by atoms with Crippen molar-refractivity contribution in [2.45, 2.75) is 84.2 Å². The fraction of sp³-hybridized carbons (Fsp3) is 0.692. The number of rotatable bonds is 9. The van der Waals surface area contributed by atoms with E-state index in [0.717, 1.165) is 25.7 Å². The summed E-state index contributed by atoms with van der Waals surface area (Å²) < 4.78 is 0. The minimum Gasteiger partial charge on any atom is -0.508 e. The number of amides is 1. The summed E-state index contributed by atoms with van der Waals surface area (Å²) in [6, 6.07) is 2.04. The lowest BCUT2D eigenvalue weighted by atomic mass is 9.77. The van der Waals surface area contributed by atoms with Gasteiger partial charge in [-0.15, -0.1) is 0 Å². The molecule has 0 radical (unpaired) electrons. The summed E-state index contributed by atoms with van der Waals surface area (Å²) in [7, 11) is 0. The van der Waals surface area contributed by atoms with Crippen LogP contribution in [0.3, 0.4) is 0 Å². The zero-order chi connectivity index (χ0) is 24.3. The third kappa shape index (κ3) is 5.62. The Hall–Kier alpha value is -2.28. The molecule has 1 aromatic rings. The van der Waals surface area contributed by atoms with E-state index in [9.17, 15) is 24.9 Å². The number of carboxylic acid groups (broad SMARTS) is 1. The van der Waals surface area contributed by atoms with Crippen molar-refractivity contribution >= 4 is 11.9 Å². The van der Waals surface area contributed by atoms with Crippen LogP contribution >= 0.6 is 0 Å². The van der Waals surface area contributed by atoms with Crippen molar-refractivity contribution in [3.63, 3.8) is 0 Å². The van der Waals surface area contributed by atoms with Crippen LogP contribution in [0.1, 0.15) is 88.1 Å². The monoisotopic (exact) mass is 460 g/mol. The zero-order valence-electron chi connectivity index (χ0n) is 20.4. The number of nitrogens with zero attached hydrogens (tertiary/aromatic N) is 1. The quantitative estimate of drug-likeness (QED) is 0.437. The van der Waals surface area contributed by atoms with Crippen LogP contribution in [0, 0.1) is 17.8 Å². The fourth-order valence-electron chi connectivity index (χ4n) is 5.89. The molecular weight excluding hydrogens is 420 g/mol. The highest BCUT2D eigenvalue weighted by Crippen LogP contribution is 2.38. The largest absolute Gasteiger partial charge is 0.508 e. The number of carbonyl (C=O) groups is 2. The van der Waals surface area contributed by atoms with Crippen molar-refractivity contribution in [3.05, 3.63) is 23.3 Å². The molecular formula is C26H40N2O5. The third-order valence-electron chi connectivity index (χ3n) is 7.57. The first-order valence-corrected chi connectivity index (χ1v) is 12.4. The highest BCUT2D eigenvalue weighted by Gasteiger charge is 2.39. The minimum atomic E-state index is -0.825. The van der Waals surface area contributed by atoms with Gasteiger partial charge in [0.1, 0.15) is 17.5 Å². The number of phenolic OH excluding ortho intramolecular Hbond substituents is 2. The van der Waals surface area contributed by atoms with Gasteiger partial charge in [0, 0.05) is 25.2 Å². The molecule has 2 aliphatic rings. The van der Waals surface area contributed by atoms with Gasteiger partial charge in [0.15, 0.2) is 0 Å². The van der Waals surface area contributed by atoms with Crippen LogP contribution in [0.15, 0.2) is 12.1 Å². The summed E-state index contributed by atoms with van der Waals surface area (Å²) in [4.78, 5) is 27.3. The van der Waals surface area contributed by atoms with Gasteiger partial charge in [0.2, 0.25) is 0 Å². The third-order valence-corrected chi connectivity index (χ3v) is 7.57. The van der Waals surface area contributed by atoms with E-state index in [1.165, 1.54) is 18.9 Å². The van der Waals surface area contributed by atoms with E-state index in [0.29, 0.717) is 24.6 Å². The minimum absolute atomic E-state index is 0.00747. The van der Waals surface area contributed by atoms with Crippen molar-refractivity contribution in [2.24, 2.45) is 17.8 Å². The van der Waals surface area contributed by atoms with Crippen molar-refractivity contribution in [1.29, 1.82) is 0 Å². The summed E-state index contributed by atoms with van der Waals surface area (Å²) in [6.07, 6.45) is 6.12. The number of hydrogen-bond donors (Lipinski definition) is 4. The van der Waals surface area contributed by atoms with Crippen LogP contribution in [0.4, 0.5) is 0 Å². The van der Waals surface area contributed by atoms with Crippen molar-refractivity contribution in [2.75, 3.05) is 13.1 Å². The van der Waals surface area contributed by atoms with Gasteiger partial charge in [-0.25, -0.2) is 0 Å². The molecule has 7 nitrogen and oxygen atoms in total. The van der Waals surface area contributed by atoms with Gasteiger partial charge >= 0.3 is 5.97 Å². The van der Waals surface area contributed by atoms with Gasteiger partial charge in [0.25, 0.3) is 5.91 Å². The Labute approximate surface area is 197 Å². The van der Waals surface area contributed by atoms with Gasteiger partial charge < -0.3 is 25.5 Å². The highest BCUT2D eigenvalue weighted by atomic mass is 16.4. The summed E-state index contributed by atoms with van der Waals surface area (Å²) >= 11 is 0. The molecule has 0 spiro atoms. The van der Waals surface area contributed by atoms with Crippen LogP contribution in [0.25, 0.3) is 0 Å². The topological polar surface area (TPSA) is 110 Å². The zero-order valence-corrected chi connectivity index (χ0v) is 20.4. The van der Waals surface area contributed by atoms with Crippen LogP contribution in [0.2, 0.25) is 0 Å². The van der Waals surface area contributed by atoms with Crippen molar-refractivity contribution < 1.29 is 24.9 Å². The molecule has 1 aromatic carbocycles. The van der Waals surface area contributed by atoms with Gasteiger partial charge in [-0.2, -0.15) is 0 Å². The van der Waals surface area contributed by atoms with Crippen molar-refractivity contribution in [1.82, 2.24) is 10.2 Å². The van der Waals surface area contributed by atoms with Gasteiger partial charge in [-0.3, -0.25) is 9.59 Å². The van der Waals surface area contributed by atoms with E-state index < -0.39 is 12.0 Å². The summed E-state index contributed by atoms with van der Waals surface area (Å²) in [6.45, 7) is 9.03. The van der Waals surface area contributed by atoms with E-state index in [-0.39, 0.29) is 46.8 Å². The molecule has 3 atom stereocenters. The molecule has 1 aliphatic heterocycles. The number of nitrogens with one attached hydrogen (secondary N) is 1. The van der Waals surface area contributed by atoms with Crippen molar-refractivity contribution in [3.8, 4) is 11.5 Å². The maximum Gasteiger partial charge on any atom is 0.321 e. The number of phenols is 2. The number of benzene rings is 1. The molecule has 3 rings (SSSR count). The Morgan fingerprint density at radius 2 is 1.70 bits per heavy atom. The second-order valence-electron chi connectivity index (χ2n) is 10.5. The molecule has 0 bridgehead atoms. The average Bonchev–Trinajstić information content (AvgIpc) is 3.41. The van der Waals surface area contributed by atoms with Crippen LogP contribution in [0.5, 0.6) is 11.5 Å². The summed E-state index contributed by atoms with van der Waals surface area (Å²) in [5.41, 5.74) is 0.802. The van der Waals surface area contributed by atoms with Gasteiger partial charge in [-0.05, 0) is 48.1 Å². The second kappa shape index (κ2) is 10.8. The van der Waals surface area contributed by atoms with Gasteiger partial charge in [0.05, 0.1) is 5.56 Å². The molecule has 1 amide bonds. The molecule has 33 heavy (non-hydrogen) atoms. The molecule has 0 aromatic heterocycles. The molecule has 4 N–H and O–H groups in total. The lowest BCUT2D eigenvalue weighted by molar-refractivity contribution is -0.142. The molecule has 2 unspecified atom stereocenters. The normalized spacial score (nSPS) is 21.2. The van der Waals surface area contributed by atoms with Crippen LogP contribution in [-0.4, -0.2) is 57.3 Å². The second-order valence-corrected chi connectivity index (χ2v) is 10.5. The van der Waals surface area contributed by atoms with Crippen LogP contribution < -0.4 is 5.32 Å². The Bertz CT molecular complexity index is 847. The maximum atomic E-state index is 13.3. The number of aliphatic carboxylic acids is 1. The predicted molar refractivity (Wildman–Crippen MR) is 128 cm³/mol. The Kier molecular flexibility index (Phi) is 8.27. The van der Waals surface area contributed by atoms with E-state index in [1.807, 2.05) is 13.8 Å². The van der Waals surface area contributed by atoms with E-state index in [2.05, 4.69) is 19.2 Å². The smallest absolute Gasteiger partial charge is 0.321 e. The number of carboxylic acids is 1.